The maximum absolute atomic E-state index is 12.7. The maximum atomic E-state index is 12.7. The standard InChI is InChI=1S/C22H16BrN3O2/c23-16-10-11-19-18(12-16)22(28)26(14-24-19)13-21(27)25-20-9-5-4-8-17(20)15-6-2-1-3-7-15/h1-12,14H,13H2,(H,25,27). The van der Waals surface area contributed by atoms with E-state index in [1.54, 1.807) is 12.1 Å². The van der Waals surface area contributed by atoms with Crippen LogP contribution in [-0.2, 0) is 11.3 Å². The number of benzene rings is 3. The number of nitrogens with zero attached hydrogens (tertiary/aromatic N) is 2. The fraction of sp³-hybridized carbons (Fsp3) is 0.0455. The molecule has 0 fully saturated rings. The number of hydrogen-bond acceptors (Lipinski definition) is 3. The van der Waals surface area contributed by atoms with Crippen molar-refractivity contribution in [2.75, 3.05) is 5.32 Å². The van der Waals surface area contributed by atoms with Crippen LogP contribution in [0.3, 0.4) is 0 Å². The zero-order chi connectivity index (χ0) is 19.5. The molecule has 0 bridgehead atoms. The smallest absolute Gasteiger partial charge is 0.261 e. The molecule has 0 radical (unpaired) electrons. The molecule has 28 heavy (non-hydrogen) atoms. The Morgan fingerprint density at radius 1 is 1.00 bits per heavy atom. The number of nitrogens with one attached hydrogen (secondary N) is 1. The molecular formula is C22H16BrN3O2. The van der Waals surface area contributed by atoms with Gasteiger partial charge in [-0.1, -0.05) is 64.5 Å². The Labute approximate surface area is 169 Å². The van der Waals surface area contributed by atoms with Gasteiger partial charge in [0.1, 0.15) is 6.54 Å². The summed E-state index contributed by atoms with van der Waals surface area (Å²) in [5, 5.41) is 3.38. The van der Waals surface area contributed by atoms with Gasteiger partial charge in [-0.25, -0.2) is 4.98 Å². The lowest BCUT2D eigenvalue weighted by molar-refractivity contribution is -0.116. The van der Waals surface area contributed by atoms with Crippen molar-refractivity contribution >= 4 is 38.4 Å². The first kappa shape index (κ1) is 18.1. The summed E-state index contributed by atoms with van der Waals surface area (Å²) in [5.41, 5.74) is 2.97. The lowest BCUT2D eigenvalue weighted by Crippen LogP contribution is -2.28. The first-order valence-electron chi connectivity index (χ1n) is 8.71. The summed E-state index contributed by atoms with van der Waals surface area (Å²) in [6.07, 6.45) is 1.40. The van der Waals surface area contributed by atoms with E-state index in [0.29, 0.717) is 16.6 Å². The Morgan fingerprint density at radius 3 is 2.57 bits per heavy atom. The highest BCUT2D eigenvalue weighted by Crippen LogP contribution is 2.27. The predicted molar refractivity (Wildman–Crippen MR) is 114 cm³/mol. The average Bonchev–Trinajstić information content (AvgIpc) is 2.71. The Bertz CT molecular complexity index is 1220. The molecule has 1 amide bonds. The van der Waals surface area contributed by atoms with Gasteiger partial charge in [0.15, 0.2) is 0 Å². The van der Waals surface area contributed by atoms with Gasteiger partial charge in [-0.2, -0.15) is 0 Å². The van der Waals surface area contributed by atoms with Crippen LogP contribution in [0.4, 0.5) is 5.69 Å². The largest absolute Gasteiger partial charge is 0.324 e. The summed E-state index contributed by atoms with van der Waals surface area (Å²) in [5.74, 6) is -0.290. The second-order valence-corrected chi connectivity index (χ2v) is 7.21. The molecule has 5 nitrogen and oxygen atoms in total. The Hall–Kier alpha value is -3.25. The van der Waals surface area contributed by atoms with Crippen molar-refractivity contribution in [3.63, 3.8) is 0 Å². The van der Waals surface area contributed by atoms with Crippen molar-refractivity contribution < 1.29 is 4.79 Å². The maximum Gasteiger partial charge on any atom is 0.261 e. The number of rotatable bonds is 4. The number of hydrogen-bond donors (Lipinski definition) is 1. The third kappa shape index (κ3) is 3.73. The zero-order valence-corrected chi connectivity index (χ0v) is 16.4. The van der Waals surface area contributed by atoms with Crippen LogP contribution in [0.5, 0.6) is 0 Å². The van der Waals surface area contributed by atoms with Gasteiger partial charge in [-0.15, -0.1) is 0 Å². The monoisotopic (exact) mass is 433 g/mol. The second kappa shape index (κ2) is 7.78. The fourth-order valence-corrected chi connectivity index (χ4v) is 3.41. The van der Waals surface area contributed by atoms with E-state index in [0.717, 1.165) is 15.6 Å². The van der Waals surface area contributed by atoms with Crippen molar-refractivity contribution in [1.29, 1.82) is 0 Å². The topological polar surface area (TPSA) is 64.0 Å². The summed E-state index contributed by atoms with van der Waals surface area (Å²) in [7, 11) is 0. The fourth-order valence-electron chi connectivity index (χ4n) is 3.05. The first-order valence-corrected chi connectivity index (χ1v) is 9.50. The molecule has 0 saturated carbocycles. The van der Waals surface area contributed by atoms with Gasteiger partial charge in [0.25, 0.3) is 5.56 Å². The molecule has 4 aromatic rings. The molecule has 0 aliphatic carbocycles. The van der Waals surface area contributed by atoms with Gasteiger partial charge in [-0.3, -0.25) is 14.2 Å². The lowest BCUT2D eigenvalue weighted by atomic mass is 10.0. The molecule has 0 aliphatic rings. The van der Waals surface area contributed by atoms with Gasteiger partial charge in [-0.05, 0) is 29.8 Å². The van der Waals surface area contributed by atoms with Gasteiger partial charge in [0, 0.05) is 15.7 Å². The van der Waals surface area contributed by atoms with E-state index < -0.39 is 0 Å². The van der Waals surface area contributed by atoms with Crippen molar-refractivity contribution in [2.24, 2.45) is 0 Å². The third-order valence-corrected chi connectivity index (χ3v) is 4.88. The normalized spacial score (nSPS) is 10.8. The minimum atomic E-state index is -0.290. The van der Waals surface area contributed by atoms with Gasteiger partial charge >= 0.3 is 0 Å². The Balaban J connectivity index is 1.60. The number of para-hydroxylation sites is 1. The number of fused-ring (bicyclic) bond motifs is 1. The number of amides is 1. The van der Waals surface area contributed by atoms with E-state index in [2.05, 4.69) is 26.2 Å². The second-order valence-electron chi connectivity index (χ2n) is 6.30. The average molecular weight is 434 g/mol. The van der Waals surface area contributed by atoms with Crippen LogP contribution in [0.25, 0.3) is 22.0 Å². The molecule has 1 N–H and O–H groups in total. The Morgan fingerprint density at radius 2 is 1.75 bits per heavy atom. The van der Waals surface area contributed by atoms with E-state index in [-0.39, 0.29) is 18.0 Å². The molecule has 1 aromatic heterocycles. The van der Waals surface area contributed by atoms with Crippen LogP contribution in [0.15, 0.2) is 88.4 Å². The highest BCUT2D eigenvalue weighted by Gasteiger charge is 2.11. The summed E-state index contributed by atoms with van der Waals surface area (Å²) in [4.78, 5) is 29.6. The van der Waals surface area contributed by atoms with E-state index in [4.69, 9.17) is 0 Å². The summed E-state index contributed by atoms with van der Waals surface area (Å²) in [6, 6.07) is 22.7. The molecule has 6 heteroatoms. The van der Waals surface area contributed by atoms with Crippen LogP contribution in [-0.4, -0.2) is 15.5 Å². The van der Waals surface area contributed by atoms with Gasteiger partial charge in [0.2, 0.25) is 5.91 Å². The number of halogens is 1. The minimum absolute atomic E-state index is 0.114. The number of carbonyl (C=O) groups excluding carboxylic acids is 1. The third-order valence-electron chi connectivity index (χ3n) is 4.39. The lowest BCUT2D eigenvalue weighted by Gasteiger charge is -2.12. The molecule has 138 valence electrons. The molecule has 0 atom stereocenters. The molecule has 0 saturated heterocycles. The van der Waals surface area contributed by atoms with Crippen LogP contribution in [0, 0.1) is 0 Å². The van der Waals surface area contributed by atoms with Crippen molar-refractivity contribution in [2.45, 2.75) is 6.54 Å². The molecule has 4 rings (SSSR count). The van der Waals surface area contributed by atoms with E-state index >= 15 is 0 Å². The van der Waals surface area contributed by atoms with Crippen molar-refractivity contribution in [3.05, 3.63) is 94.0 Å². The van der Waals surface area contributed by atoms with E-state index in [9.17, 15) is 9.59 Å². The first-order chi connectivity index (χ1) is 13.6. The van der Waals surface area contributed by atoms with Crippen molar-refractivity contribution in [3.8, 4) is 11.1 Å². The SMILES string of the molecule is O=C(Cn1cnc2ccc(Br)cc2c1=O)Nc1ccccc1-c1ccccc1. The summed E-state index contributed by atoms with van der Waals surface area (Å²) >= 11 is 3.36. The van der Waals surface area contributed by atoms with Crippen LogP contribution < -0.4 is 10.9 Å². The highest BCUT2D eigenvalue weighted by atomic mass is 79.9. The zero-order valence-electron chi connectivity index (χ0n) is 14.8. The van der Waals surface area contributed by atoms with Crippen molar-refractivity contribution in [1.82, 2.24) is 9.55 Å². The van der Waals surface area contributed by atoms with Crippen LogP contribution in [0.2, 0.25) is 0 Å². The van der Waals surface area contributed by atoms with Crippen LogP contribution >= 0.6 is 15.9 Å². The highest BCUT2D eigenvalue weighted by molar-refractivity contribution is 9.10. The molecule has 0 spiro atoms. The molecule has 0 unspecified atom stereocenters. The Kier molecular flexibility index (Phi) is 5.04. The number of anilines is 1. The molecule has 1 heterocycles. The quantitative estimate of drug-likeness (QED) is 0.516. The van der Waals surface area contributed by atoms with Gasteiger partial charge in [0.05, 0.1) is 17.2 Å². The molecule has 3 aromatic carbocycles. The molecule has 0 aliphatic heterocycles. The molecular weight excluding hydrogens is 418 g/mol. The van der Waals surface area contributed by atoms with Crippen LogP contribution in [0.1, 0.15) is 0 Å². The van der Waals surface area contributed by atoms with E-state index in [1.165, 1.54) is 10.9 Å². The predicted octanol–water partition coefficient (Wildman–Crippen LogP) is 4.46. The number of aromatic nitrogens is 2. The minimum Gasteiger partial charge on any atom is -0.324 e. The van der Waals surface area contributed by atoms with E-state index in [1.807, 2.05) is 60.7 Å². The number of carbonyl (C=O) groups is 1. The van der Waals surface area contributed by atoms with Gasteiger partial charge < -0.3 is 5.32 Å². The summed E-state index contributed by atoms with van der Waals surface area (Å²) in [6.45, 7) is -0.114. The summed E-state index contributed by atoms with van der Waals surface area (Å²) < 4.78 is 2.10.